The molecule has 12 rings (SSSR count). The fourth-order valence-corrected chi connectivity index (χ4v) is 15.5. The first-order chi connectivity index (χ1) is 29.0. The van der Waals surface area contributed by atoms with E-state index in [1.165, 1.54) is 65.2 Å². The number of fused-ring (bicyclic) bond motifs is 10. The van der Waals surface area contributed by atoms with Crippen molar-refractivity contribution in [2.45, 2.75) is 19.3 Å². The van der Waals surface area contributed by atoms with E-state index < -0.39 is 8.07 Å². The molecule has 0 spiro atoms. The summed E-state index contributed by atoms with van der Waals surface area (Å²) in [4.78, 5) is 11.2. The highest BCUT2D eigenvalue weighted by atomic mass is 28.3. The Hall–Kier alpha value is -7.14. The Bertz CT molecular complexity index is 3240. The zero-order valence-electron chi connectivity index (χ0n) is 32.9. The lowest BCUT2D eigenvalue weighted by molar-refractivity contribution is 0.661. The van der Waals surface area contributed by atoms with Crippen molar-refractivity contribution in [2.24, 2.45) is 0 Å². The lowest BCUT2D eigenvalue weighted by Gasteiger charge is -2.30. The second-order valence-electron chi connectivity index (χ2n) is 16.5. The minimum atomic E-state index is -2.87. The van der Waals surface area contributed by atoms with Crippen LogP contribution >= 0.6 is 0 Å². The lowest BCUT2D eigenvalue weighted by atomic mass is 9.82. The van der Waals surface area contributed by atoms with Crippen LogP contribution < -0.4 is 20.9 Å². The number of para-hydroxylation sites is 1. The quantitative estimate of drug-likeness (QED) is 0.163. The molecule has 0 fully saturated rings. The molecular weight excluding hydrogens is 731 g/mol. The van der Waals surface area contributed by atoms with Gasteiger partial charge in [-0.15, -0.1) is 0 Å². The van der Waals surface area contributed by atoms with Crippen molar-refractivity contribution in [1.82, 2.24) is 14.5 Å². The molecule has 8 aromatic carbocycles. The Morgan fingerprint density at radius 3 is 1.80 bits per heavy atom. The standard InChI is InChI=1S/C55H39N3Si/c1-55(2)44-27-15-12-24-41(44)49-45(55)34-35-47-50(49)42-25-13-16-28-46(42)58(47)38-32-30-37(31-33-38)53-56-52(36-18-6-3-7-19-36)51-43-26-14-17-29-48(43)59(54(51)57-53,39-20-8-4-9-21-39)40-22-10-5-11-23-40/h3-35H,1-2H3. The highest BCUT2D eigenvalue weighted by molar-refractivity contribution is 7.21. The number of nitrogens with zero attached hydrogens (tertiary/aromatic N) is 3. The summed E-state index contributed by atoms with van der Waals surface area (Å²) in [6.45, 7) is 4.72. The van der Waals surface area contributed by atoms with Gasteiger partial charge in [-0.2, -0.15) is 0 Å². The van der Waals surface area contributed by atoms with Crippen molar-refractivity contribution in [3.05, 3.63) is 211 Å². The van der Waals surface area contributed by atoms with Gasteiger partial charge >= 0.3 is 0 Å². The van der Waals surface area contributed by atoms with E-state index >= 15 is 0 Å². The van der Waals surface area contributed by atoms with Gasteiger partial charge in [0.25, 0.3) is 0 Å². The fraction of sp³-hybridized carbons (Fsp3) is 0.0545. The van der Waals surface area contributed by atoms with Gasteiger partial charge in [0.15, 0.2) is 5.82 Å². The van der Waals surface area contributed by atoms with E-state index in [1.54, 1.807) is 0 Å². The van der Waals surface area contributed by atoms with E-state index in [4.69, 9.17) is 9.97 Å². The Labute approximate surface area is 345 Å². The molecule has 1 aliphatic carbocycles. The molecular formula is C55H39N3Si. The van der Waals surface area contributed by atoms with E-state index in [-0.39, 0.29) is 5.41 Å². The molecule has 2 aliphatic rings. The van der Waals surface area contributed by atoms with Crippen molar-refractivity contribution >= 4 is 50.8 Å². The highest BCUT2D eigenvalue weighted by Gasteiger charge is 2.51. The molecule has 0 radical (unpaired) electrons. The van der Waals surface area contributed by atoms with Gasteiger partial charge in [0.1, 0.15) is 0 Å². The SMILES string of the molecule is CC1(C)c2ccccc2-c2c1ccc1c2c2ccccc2n1-c1ccc(-c2nc(-c3ccccc3)c3c(n2)[Si](c2ccccc2)(c2ccccc2)c2ccccc2-3)cc1. The Morgan fingerprint density at radius 1 is 0.458 bits per heavy atom. The molecule has 0 bridgehead atoms. The van der Waals surface area contributed by atoms with Crippen LogP contribution in [0.4, 0.5) is 0 Å². The molecule has 0 saturated heterocycles. The molecule has 0 atom stereocenters. The predicted octanol–water partition coefficient (Wildman–Crippen LogP) is 10.6. The van der Waals surface area contributed by atoms with Crippen molar-refractivity contribution in [1.29, 1.82) is 0 Å². The van der Waals surface area contributed by atoms with Gasteiger partial charge in [0.2, 0.25) is 8.07 Å². The van der Waals surface area contributed by atoms with E-state index in [2.05, 4.69) is 219 Å². The first-order valence-electron chi connectivity index (χ1n) is 20.5. The van der Waals surface area contributed by atoms with Crippen LogP contribution in [0.2, 0.25) is 0 Å². The van der Waals surface area contributed by atoms with E-state index in [1.807, 2.05) is 0 Å². The highest BCUT2D eigenvalue weighted by Crippen LogP contribution is 2.53. The third-order valence-corrected chi connectivity index (χ3v) is 17.8. The van der Waals surface area contributed by atoms with Crippen molar-refractivity contribution < 1.29 is 0 Å². The molecule has 3 heterocycles. The van der Waals surface area contributed by atoms with Crippen LogP contribution in [0.3, 0.4) is 0 Å². The zero-order chi connectivity index (χ0) is 39.3. The summed E-state index contributed by atoms with van der Waals surface area (Å²) >= 11 is 0. The summed E-state index contributed by atoms with van der Waals surface area (Å²) in [5, 5.41) is 7.73. The van der Waals surface area contributed by atoms with E-state index in [0.717, 1.165) is 39.2 Å². The Morgan fingerprint density at radius 2 is 1.07 bits per heavy atom. The average molecular weight is 770 g/mol. The molecule has 4 heteroatoms. The first-order valence-corrected chi connectivity index (χ1v) is 22.5. The van der Waals surface area contributed by atoms with Gasteiger partial charge in [0.05, 0.1) is 22.0 Å². The van der Waals surface area contributed by atoms with Gasteiger partial charge in [-0.1, -0.05) is 178 Å². The van der Waals surface area contributed by atoms with Crippen molar-refractivity contribution in [3.63, 3.8) is 0 Å². The van der Waals surface area contributed by atoms with Crippen LogP contribution in [0, 0.1) is 0 Å². The Kier molecular flexibility index (Phi) is 7.29. The number of rotatable bonds is 5. The second kappa shape index (κ2) is 12.7. The fourth-order valence-electron chi connectivity index (χ4n) is 10.5. The molecule has 0 amide bonds. The predicted molar refractivity (Wildman–Crippen MR) is 247 cm³/mol. The molecule has 10 aromatic rings. The molecule has 2 aromatic heterocycles. The van der Waals surface area contributed by atoms with Gasteiger partial charge in [0, 0.05) is 38.6 Å². The largest absolute Gasteiger partial charge is 0.309 e. The summed E-state index contributed by atoms with van der Waals surface area (Å²) in [6, 6.07) is 73.2. The van der Waals surface area contributed by atoms with E-state index in [0.29, 0.717) is 0 Å². The molecule has 1 aliphatic heterocycles. The molecule has 0 N–H and O–H groups in total. The first kappa shape index (κ1) is 33.9. The summed E-state index contributed by atoms with van der Waals surface area (Å²) in [6.07, 6.45) is 0. The maximum absolute atomic E-state index is 5.74. The van der Waals surface area contributed by atoms with Gasteiger partial charge in [-0.05, 0) is 79.8 Å². The number of hydrogen-bond donors (Lipinski definition) is 0. The second-order valence-corrected chi connectivity index (χ2v) is 20.1. The molecule has 278 valence electrons. The third-order valence-electron chi connectivity index (χ3n) is 13.1. The molecule has 0 saturated carbocycles. The normalized spacial score (nSPS) is 14.2. The smallest absolute Gasteiger partial charge is 0.203 e. The van der Waals surface area contributed by atoms with E-state index in [9.17, 15) is 0 Å². The van der Waals surface area contributed by atoms with Crippen LogP contribution in [0.1, 0.15) is 25.0 Å². The monoisotopic (exact) mass is 769 g/mol. The number of hydrogen-bond acceptors (Lipinski definition) is 2. The lowest BCUT2D eigenvalue weighted by Crippen LogP contribution is -2.73. The minimum Gasteiger partial charge on any atom is -0.309 e. The molecule has 59 heavy (non-hydrogen) atoms. The van der Waals surface area contributed by atoms with Gasteiger partial charge < -0.3 is 4.57 Å². The summed E-state index contributed by atoms with van der Waals surface area (Å²) in [5.74, 6) is 0.740. The van der Waals surface area contributed by atoms with Crippen molar-refractivity contribution in [2.75, 3.05) is 0 Å². The number of benzene rings is 8. The van der Waals surface area contributed by atoms with Crippen LogP contribution in [-0.4, -0.2) is 22.6 Å². The maximum atomic E-state index is 5.74. The summed E-state index contributed by atoms with van der Waals surface area (Å²) in [7, 11) is -2.87. The minimum absolute atomic E-state index is 0.0672. The topological polar surface area (TPSA) is 30.7 Å². The van der Waals surface area contributed by atoms with Crippen LogP contribution in [0.25, 0.3) is 72.4 Å². The third kappa shape index (κ3) is 4.69. The van der Waals surface area contributed by atoms with Crippen LogP contribution in [-0.2, 0) is 5.41 Å². The Balaban J connectivity index is 1.09. The zero-order valence-corrected chi connectivity index (χ0v) is 33.9. The summed E-state index contributed by atoms with van der Waals surface area (Å²) in [5.41, 5.74) is 14.4. The van der Waals surface area contributed by atoms with Crippen LogP contribution in [0.15, 0.2) is 200 Å². The van der Waals surface area contributed by atoms with Crippen molar-refractivity contribution in [3.8, 4) is 50.6 Å². The molecule has 0 unspecified atom stereocenters. The summed E-state index contributed by atoms with van der Waals surface area (Å²) < 4.78 is 2.43. The molecule has 3 nitrogen and oxygen atoms in total. The maximum Gasteiger partial charge on any atom is 0.203 e. The van der Waals surface area contributed by atoms with Gasteiger partial charge in [-0.25, -0.2) is 9.97 Å². The number of aromatic nitrogens is 3. The van der Waals surface area contributed by atoms with Gasteiger partial charge in [-0.3, -0.25) is 0 Å². The van der Waals surface area contributed by atoms with Crippen LogP contribution in [0.5, 0.6) is 0 Å². The average Bonchev–Trinajstić information content (AvgIpc) is 3.88.